The van der Waals surface area contributed by atoms with Crippen LogP contribution in [0, 0.1) is 0 Å². The average molecular weight is 519 g/mol. The van der Waals surface area contributed by atoms with Gasteiger partial charge in [0.15, 0.2) is 0 Å². The topological polar surface area (TPSA) is 13.1 Å². The maximum absolute atomic E-state index is 6.88. The molecule has 0 unspecified atom stereocenters. The first-order valence-electron chi connectivity index (χ1n) is 14.2. The fourth-order valence-corrected chi connectivity index (χ4v) is 7.54. The Bertz CT molecular complexity index is 2560. The summed E-state index contributed by atoms with van der Waals surface area (Å²) in [5.74, 6) is 0. The van der Waals surface area contributed by atoms with E-state index in [0.717, 1.165) is 16.7 Å². The summed E-state index contributed by atoms with van der Waals surface area (Å²) >= 11 is 0. The second kappa shape index (κ2) is 7.62. The van der Waals surface area contributed by atoms with Crippen LogP contribution in [0.5, 0.6) is 0 Å². The fraction of sp³-hybridized carbons (Fsp3) is 0. The van der Waals surface area contributed by atoms with E-state index in [0.29, 0.717) is 0 Å². The molecular formula is C40H22O. The summed E-state index contributed by atoms with van der Waals surface area (Å²) in [7, 11) is 0. The number of hydrogen-bond donors (Lipinski definition) is 0. The van der Waals surface area contributed by atoms with Crippen molar-refractivity contribution in [1.82, 2.24) is 0 Å². The van der Waals surface area contributed by atoms with Crippen LogP contribution >= 0.6 is 0 Å². The monoisotopic (exact) mass is 518 g/mol. The zero-order valence-electron chi connectivity index (χ0n) is 22.1. The molecule has 0 bridgehead atoms. The first-order valence-corrected chi connectivity index (χ1v) is 14.2. The molecule has 10 aromatic rings. The SMILES string of the molecule is c1ccc(-c2c3ccccc3c(-c3ccc4c5cccc6ccc7ccc8oc3c4c8c7c65)c3ccccc23)cc1. The predicted molar refractivity (Wildman–Crippen MR) is 174 cm³/mol. The minimum absolute atomic E-state index is 0.956. The summed E-state index contributed by atoms with van der Waals surface area (Å²) in [6.07, 6.45) is 0. The van der Waals surface area contributed by atoms with Crippen LogP contribution in [0.3, 0.4) is 0 Å². The van der Waals surface area contributed by atoms with Gasteiger partial charge in [0.05, 0.1) is 0 Å². The van der Waals surface area contributed by atoms with Gasteiger partial charge in [-0.25, -0.2) is 0 Å². The molecule has 0 atom stereocenters. The molecule has 9 aromatic carbocycles. The molecule has 0 aliphatic carbocycles. The summed E-state index contributed by atoms with van der Waals surface area (Å²) in [4.78, 5) is 0. The summed E-state index contributed by atoms with van der Waals surface area (Å²) in [6.45, 7) is 0. The van der Waals surface area contributed by atoms with E-state index in [-0.39, 0.29) is 0 Å². The van der Waals surface area contributed by atoms with E-state index in [1.807, 2.05) is 0 Å². The van der Waals surface area contributed by atoms with Crippen LogP contribution in [0.4, 0.5) is 0 Å². The lowest BCUT2D eigenvalue weighted by molar-refractivity contribution is 0.670. The van der Waals surface area contributed by atoms with Gasteiger partial charge in [-0.1, -0.05) is 121 Å². The molecule has 10 rings (SSSR count). The smallest absolute Gasteiger partial charge is 0.143 e. The summed E-state index contributed by atoms with van der Waals surface area (Å²) in [5.41, 5.74) is 6.82. The van der Waals surface area contributed by atoms with Gasteiger partial charge in [0, 0.05) is 27.3 Å². The fourth-order valence-electron chi connectivity index (χ4n) is 7.54. The molecule has 0 radical (unpaired) electrons. The van der Waals surface area contributed by atoms with Gasteiger partial charge in [0.1, 0.15) is 11.2 Å². The van der Waals surface area contributed by atoms with Gasteiger partial charge in [0.2, 0.25) is 0 Å². The Morgan fingerprint density at radius 2 is 0.927 bits per heavy atom. The Labute approximate surface area is 235 Å². The molecule has 188 valence electrons. The van der Waals surface area contributed by atoms with Gasteiger partial charge in [-0.05, 0) is 71.7 Å². The minimum Gasteiger partial charge on any atom is -0.455 e. The molecule has 0 saturated carbocycles. The first-order chi connectivity index (χ1) is 20.4. The molecule has 1 heterocycles. The molecule has 0 fully saturated rings. The van der Waals surface area contributed by atoms with E-state index in [1.54, 1.807) is 0 Å². The highest BCUT2D eigenvalue weighted by atomic mass is 16.3. The third kappa shape index (κ3) is 2.66. The Kier molecular flexibility index (Phi) is 3.98. The zero-order valence-corrected chi connectivity index (χ0v) is 22.1. The molecule has 1 nitrogen and oxygen atoms in total. The highest BCUT2D eigenvalue weighted by Gasteiger charge is 2.24. The first kappa shape index (κ1) is 21.4. The van der Waals surface area contributed by atoms with Crippen LogP contribution in [-0.4, -0.2) is 0 Å². The van der Waals surface area contributed by atoms with Crippen LogP contribution in [0.1, 0.15) is 0 Å². The van der Waals surface area contributed by atoms with E-state index in [4.69, 9.17) is 4.42 Å². The van der Waals surface area contributed by atoms with E-state index >= 15 is 0 Å². The van der Waals surface area contributed by atoms with Gasteiger partial charge in [-0.2, -0.15) is 0 Å². The lowest BCUT2D eigenvalue weighted by atomic mass is 9.84. The Balaban J connectivity index is 1.43. The quantitative estimate of drug-likeness (QED) is 0.164. The third-order valence-corrected chi connectivity index (χ3v) is 9.16. The van der Waals surface area contributed by atoms with E-state index in [9.17, 15) is 0 Å². The normalized spacial score (nSPS) is 12.4. The Hall–Kier alpha value is -5.40. The van der Waals surface area contributed by atoms with Gasteiger partial charge >= 0.3 is 0 Å². The average Bonchev–Trinajstić information content (AvgIpc) is 3.44. The van der Waals surface area contributed by atoms with Crippen LogP contribution in [-0.2, 0) is 0 Å². The highest BCUT2D eigenvalue weighted by Crippen LogP contribution is 2.51. The molecular weight excluding hydrogens is 496 g/mol. The van der Waals surface area contributed by atoms with Crippen molar-refractivity contribution in [2.24, 2.45) is 0 Å². The van der Waals surface area contributed by atoms with Gasteiger partial charge < -0.3 is 4.42 Å². The van der Waals surface area contributed by atoms with Crippen molar-refractivity contribution >= 4 is 75.8 Å². The summed E-state index contributed by atoms with van der Waals surface area (Å²) < 4.78 is 6.88. The molecule has 0 aliphatic heterocycles. The lowest BCUT2D eigenvalue weighted by Gasteiger charge is -2.18. The highest BCUT2D eigenvalue weighted by molar-refractivity contribution is 6.40. The molecule has 1 aromatic heterocycles. The number of rotatable bonds is 2. The number of furan rings is 1. The van der Waals surface area contributed by atoms with Crippen LogP contribution in [0.2, 0.25) is 0 Å². The molecule has 0 amide bonds. The molecule has 0 N–H and O–H groups in total. The van der Waals surface area contributed by atoms with Crippen molar-refractivity contribution < 1.29 is 4.42 Å². The van der Waals surface area contributed by atoms with Crippen LogP contribution in [0.15, 0.2) is 138 Å². The maximum Gasteiger partial charge on any atom is 0.143 e. The second-order valence-corrected chi connectivity index (χ2v) is 11.2. The zero-order chi connectivity index (χ0) is 26.7. The van der Waals surface area contributed by atoms with Crippen molar-refractivity contribution in [2.45, 2.75) is 0 Å². The van der Waals surface area contributed by atoms with Crippen molar-refractivity contribution in [3.05, 3.63) is 133 Å². The van der Waals surface area contributed by atoms with Crippen molar-refractivity contribution in [1.29, 1.82) is 0 Å². The summed E-state index contributed by atoms with van der Waals surface area (Å²) in [6, 6.07) is 48.6. The lowest BCUT2D eigenvalue weighted by Crippen LogP contribution is -1.91. The largest absolute Gasteiger partial charge is 0.455 e. The standard InChI is InChI=1S/C40H22O/c1-2-9-23(10-3-1)34-26-12-4-6-14-29(26)37(30-15-7-5-13-27(30)34)32-21-20-31-28-16-8-11-24-17-18-25-19-22-33-39(36(25)35(24)28)38(31)40(32)41-33/h1-22H. The van der Waals surface area contributed by atoms with Crippen molar-refractivity contribution in [2.75, 3.05) is 0 Å². The van der Waals surface area contributed by atoms with E-state index in [1.165, 1.54) is 81.3 Å². The molecule has 0 saturated heterocycles. The number of benzene rings is 9. The molecule has 0 aliphatic rings. The molecule has 41 heavy (non-hydrogen) atoms. The molecule has 0 spiro atoms. The van der Waals surface area contributed by atoms with E-state index in [2.05, 4.69) is 133 Å². The Morgan fingerprint density at radius 1 is 0.341 bits per heavy atom. The van der Waals surface area contributed by atoms with Gasteiger partial charge in [-0.15, -0.1) is 0 Å². The molecule has 1 heteroatoms. The van der Waals surface area contributed by atoms with Crippen molar-refractivity contribution in [3.63, 3.8) is 0 Å². The number of hydrogen-bond acceptors (Lipinski definition) is 1. The maximum atomic E-state index is 6.88. The number of fused-ring (bicyclic) bond motifs is 3. The van der Waals surface area contributed by atoms with Crippen LogP contribution in [0.25, 0.3) is 98.1 Å². The van der Waals surface area contributed by atoms with Gasteiger partial charge in [0.25, 0.3) is 0 Å². The Morgan fingerprint density at radius 3 is 1.66 bits per heavy atom. The van der Waals surface area contributed by atoms with Crippen molar-refractivity contribution in [3.8, 4) is 22.3 Å². The van der Waals surface area contributed by atoms with Gasteiger partial charge in [-0.3, -0.25) is 0 Å². The van der Waals surface area contributed by atoms with Crippen LogP contribution < -0.4 is 0 Å². The second-order valence-electron chi connectivity index (χ2n) is 11.2. The van der Waals surface area contributed by atoms with E-state index < -0.39 is 0 Å². The third-order valence-electron chi connectivity index (χ3n) is 9.16. The minimum atomic E-state index is 0.956. The summed E-state index contributed by atoms with van der Waals surface area (Å²) in [5, 5.41) is 15.2. The predicted octanol–water partition coefficient (Wildman–Crippen LogP) is 11.6.